The summed E-state index contributed by atoms with van der Waals surface area (Å²) in [5.41, 5.74) is 5.30. The second-order valence-electron chi connectivity index (χ2n) is 7.05. The van der Waals surface area contributed by atoms with E-state index < -0.39 is 6.09 Å². The zero-order valence-electron chi connectivity index (χ0n) is 16.7. The first kappa shape index (κ1) is 19.4. The lowest BCUT2D eigenvalue weighted by molar-refractivity contribution is 0.161. The van der Waals surface area contributed by atoms with Crippen LogP contribution in [0.25, 0.3) is 22.3 Å². The third kappa shape index (κ3) is 4.73. The average Bonchev–Trinajstić information content (AvgIpc) is 2.80. The third-order valence-corrected chi connectivity index (χ3v) is 4.82. The molecule has 4 aromatic rings. The van der Waals surface area contributed by atoms with Gasteiger partial charge in [0.2, 0.25) is 0 Å². The van der Waals surface area contributed by atoms with Crippen molar-refractivity contribution in [3.63, 3.8) is 0 Å². The lowest BCUT2D eigenvalue weighted by atomic mass is 10.0. The Hall–Kier alpha value is -3.92. The first-order chi connectivity index (χ1) is 14.7. The zero-order valence-corrected chi connectivity index (χ0v) is 16.7. The molecule has 0 aliphatic rings. The SMILES string of the molecule is CN(Cc1cccc(-c2ccncc2)c1)C(=O)Oc1cccc(-c2ccccc2)c1. The van der Waals surface area contributed by atoms with Crippen molar-refractivity contribution in [1.29, 1.82) is 0 Å². The fraction of sp³-hybridized carbons (Fsp3) is 0.0769. The molecule has 4 heteroatoms. The van der Waals surface area contributed by atoms with Gasteiger partial charge in [-0.15, -0.1) is 0 Å². The number of carbonyl (C=O) groups is 1. The molecular formula is C26H22N2O2. The molecule has 0 spiro atoms. The Labute approximate surface area is 176 Å². The van der Waals surface area contributed by atoms with Gasteiger partial charge in [-0.25, -0.2) is 4.79 Å². The van der Waals surface area contributed by atoms with Gasteiger partial charge in [-0.05, 0) is 58.1 Å². The van der Waals surface area contributed by atoms with Crippen molar-refractivity contribution >= 4 is 6.09 Å². The number of benzene rings is 3. The Bertz CT molecular complexity index is 1130. The van der Waals surface area contributed by atoms with Crippen LogP contribution in [0.2, 0.25) is 0 Å². The monoisotopic (exact) mass is 394 g/mol. The number of hydrogen-bond acceptors (Lipinski definition) is 3. The van der Waals surface area contributed by atoms with Gasteiger partial charge in [-0.2, -0.15) is 0 Å². The van der Waals surface area contributed by atoms with Crippen LogP contribution in [0.15, 0.2) is 103 Å². The van der Waals surface area contributed by atoms with E-state index in [2.05, 4.69) is 11.1 Å². The van der Waals surface area contributed by atoms with E-state index in [0.29, 0.717) is 12.3 Å². The molecule has 0 N–H and O–H groups in total. The zero-order chi connectivity index (χ0) is 20.8. The van der Waals surface area contributed by atoms with Gasteiger partial charge in [0.05, 0.1) is 0 Å². The summed E-state index contributed by atoms with van der Waals surface area (Å²) in [5.74, 6) is 0.527. The minimum atomic E-state index is -0.394. The highest BCUT2D eigenvalue weighted by atomic mass is 16.6. The number of pyridine rings is 1. The number of rotatable bonds is 5. The highest BCUT2D eigenvalue weighted by Crippen LogP contribution is 2.24. The lowest BCUT2D eigenvalue weighted by Crippen LogP contribution is -2.29. The maximum Gasteiger partial charge on any atom is 0.415 e. The van der Waals surface area contributed by atoms with E-state index in [9.17, 15) is 4.79 Å². The maximum absolute atomic E-state index is 12.6. The number of hydrogen-bond donors (Lipinski definition) is 0. The van der Waals surface area contributed by atoms with Gasteiger partial charge in [0.25, 0.3) is 0 Å². The molecule has 148 valence electrons. The molecule has 0 fully saturated rings. The summed E-state index contributed by atoms with van der Waals surface area (Å²) >= 11 is 0. The molecule has 0 saturated heterocycles. The largest absolute Gasteiger partial charge is 0.415 e. The Morgan fingerprint density at radius 3 is 2.17 bits per heavy atom. The standard InChI is InChI=1S/C26H22N2O2/c1-28(19-20-7-5-10-23(17-20)22-13-15-27-16-14-22)26(29)30-25-12-6-11-24(18-25)21-8-3-2-4-9-21/h2-18H,19H2,1H3. The molecule has 0 atom stereocenters. The number of nitrogens with zero attached hydrogens (tertiary/aromatic N) is 2. The van der Waals surface area contributed by atoms with Crippen LogP contribution in [-0.4, -0.2) is 23.0 Å². The fourth-order valence-corrected chi connectivity index (χ4v) is 3.28. The Morgan fingerprint density at radius 1 is 0.767 bits per heavy atom. The minimum absolute atomic E-state index is 0.394. The molecule has 1 heterocycles. The van der Waals surface area contributed by atoms with Gasteiger partial charge in [0.15, 0.2) is 0 Å². The maximum atomic E-state index is 12.6. The molecule has 0 aliphatic carbocycles. The molecule has 0 unspecified atom stereocenters. The van der Waals surface area contributed by atoms with E-state index in [-0.39, 0.29) is 0 Å². The van der Waals surface area contributed by atoms with Crippen molar-refractivity contribution in [3.05, 3.63) is 109 Å². The summed E-state index contributed by atoms with van der Waals surface area (Å²) in [5, 5.41) is 0. The molecule has 0 saturated carbocycles. The number of ether oxygens (including phenoxy) is 1. The highest BCUT2D eigenvalue weighted by molar-refractivity contribution is 5.72. The van der Waals surface area contributed by atoms with Gasteiger partial charge < -0.3 is 9.64 Å². The summed E-state index contributed by atoms with van der Waals surface area (Å²) < 4.78 is 5.60. The van der Waals surface area contributed by atoms with Crippen LogP contribution >= 0.6 is 0 Å². The normalized spacial score (nSPS) is 10.4. The number of aromatic nitrogens is 1. The van der Waals surface area contributed by atoms with E-state index in [1.165, 1.54) is 0 Å². The quantitative estimate of drug-likeness (QED) is 0.414. The summed E-state index contributed by atoms with van der Waals surface area (Å²) in [6, 6.07) is 29.6. The predicted molar refractivity (Wildman–Crippen MR) is 119 cm³/mol. The Morgan fingerprint density at radius 2 is 1.40 bits per heavy atom. The van der Waals surface area contributed by atoms with E-state index in [0.717, 1.165) is 27.8 Å². The first-order valence-electron chi connectivity index (χ1n) is 9.77. The molecule has 3 aromatic carbocycles. The van der Waals surface area contributed by atoms with Crippen LogP contribution in [0.3, 0.4) is 0 Å². The fourth-order valence-electron chi connectivity index (χ4n) is 3.28. The van der Waals surface area contributed by atoms with Crippen LogP contribution in [0.5, 0.6) is 5.75 Å². The summed E-state index contributed by atoms with van der Waals surface area (Å²) in [7, 11) is 1.74. The van der Waals surface area contributed by atoms with Crippen LogP contribution in [-0.2, 0) is 6.54 Å². The van der Waals surface area contributed by atoms with Crippen molar-refractivity contribution in [2.75, 3.05) is 7.05 Å². The smallest absolute Gasteiger partial charge is 0.410 e. The summed E-state index contributed by atoms with van der Waals surface area (Å²) in [4.78, 5) is 18.2. The van der Waals surface area contributed by atoms with Crippen LogP contribution in [0.4, 0.5) is 4.79 Å². The third-order valence-electron chi connectivity index (χ3n) is 4.82. The Kier molecular flexibility index (Phi) is 5.85. The molecule has 0 bridgehead atoms. The van der Waals surface area contributed by atoms with Crippen molar-refractivity contribution in [2.45, 2.75) is 6.54 Å². The second kappa shape index (κ2) is 9.05. The van der Waals surface area contributed by atoms with Crippen LogP contribution in [0, 0.1) is 0 Å². The van der Waals surface area contributed by atoms with Gasteiger partial charge in [-0.3, -0.25) is 4.98 Å². The van der Waals surface area contributed by atoms with Crippen LogP contribution in [0.1, 0.15) is 5.56 Å². The molecule has 1 amide bonds. The van der Waals surface area contributed by atoms with Crippen molar-refractivity contribution in [1.82, 2.24) is 9.88 Å². The first-order valence-corrected chi connectivity index (χ1v) is 9.77. The summed E-state index contributed by atoms with van der Waals surface area (Å²) in [6.07, 6.45) is 3.15. The number of amides is 1. The molecule has 4 nitrogen and oxygen atoms in total. The van der Waals surface area contributed by atoms with Crippen molar-refractivity contribution in [2.24, 2.45) is 0 Å². The van der Waals surface area contributed by atoms with Crippen LogP contribution < -0.4 is 4.74 Å². The summed E-state index contributed by atoms with van der Waals surface area (Å²) in [6.45, 7) is 0.454. The molecule has 4 rings (SSSR count). The minimum Gasteiger partial charge on any atom is -0.410 e. The molecule has 0 aliphatic heterocycles. The van der Waals surface area contributed by atoms with Gasteiger partial charge >= 0.3 is 6.09 Å². The second-order valence-corrected chi connectivity index (χ2v) is 7.05. The molecule has 30 heavy (non-hydrogen) atoms. The van der Waals surface area contributed by atoms with Crippen molar-refractivity contribution < 1.29 is 9.53 Å². The van der Waals surface area contributed by atoms with E-state index in [1.54, 1.807) is 30.4 Å². The predicted octanol–water partition coefficient (Wildman–Crippen LogP) is 6.05. The molecular weight excluding hydrogens is 372 g/mol. The average molecular weight is 394 g/mol. The molecule has 1 aromatic heterocycles. The van der Waals surface area contributed by atoms with Gasteiger partial charge in [-0.1, -0.05) is 60.7 Å². The topological polar surface area (TPSA) is 42.4 Å². The highest BCUT2D eigenvalue weighted by Gasteiger charge is 2.13. The molecule has 0 radical (unpaired) electrons. The van der Waals surface area contributed by atoms with Gasteiger partial charge in [0.1, 0.15) is 5.75 Å². The van der Waals surface area contributed by atoms with E-state index >= 15 is 0 Å². The van der Waals surface area contributed by atoms with E-state index in [4.69, 9.17) is 4.74 Å². The lowest BCUT2D eigenvalue weighted by Gasteiger charge is -2.17. The Balaban J connectivity index is 1.44. The van der Waals surface area contributed by atoms with Crippen molar-refractivity contribution in [3.8, 4) is 28.0 Å². The van der Waals surface area contributed by atoms with E-state index in [1.807, 2.05) is 78.9 Å². The number of carbonyl (C=O) groups excluding carboxylic acids is 1. The van der Waals surface area contributed by atoms with Gasteiger partial charge in [0, 0.05) is 26.0 Å².